The molecule has 10 heteroatoms. The summed E-state index contributed by atoms with van der Waals surface area (Å²) in [6, 6.07) is 5.58. The number of sulfonamides is 1. The summed E-state index contributed by atoms with van der Waals surface area (Å²) >= 11 is 0. The maximum Gasteiger partial charge on any atom is 0.310 e. The number of amides is 2. The molecule has 2 rings (SSSR count). The summed E-state index contributed by atoms with van der Waals surface area (Å²) in [5, 5.41) is 2.58. The second-order valence-electron chi connectivity index (χ2n) is 6.48. The minimum Gasteiger partial charge on any atom is -0.469 e. The van der Waals surface area contributed by atoms with E-state index in [9.17, 15) is 22.8 Å². The van der Waals surface area contributed by atoms with Gasteiger partial charge >= 0.3 is 5.97 Å². The van der Waals surface area contributed by atoms with Crippen molar-refractivity contribution >= 4 is 27.8 Å². The van der Waals surface area contributed by atoms with E-state index in [1.165, 1.54) is 36.3 Å². The molecule has 1 heterocycles. The average molecular weight is 411 g/mol. The number of carbonyl (C=O) groups is 3. The molecule has 1 fully saturated rings. The van der Waals surface area contributed by atoms with Crippen molar-refractivity contribution in [3.8, 4) is 0 Å². The monoisotopic (exact) mass is 411 g/mol. The van der Waals surface area contributed by atoms with Gasteiger partial charge in [-0.2, -0.15) is 4.31 Å². The molecule has 9 nitrogen and oxygen atoms in total. The first-order chi connectivity index (χ1) is 13.2. The van der Waals surface area contributed by atoms with E-state index in [4.69, 9.17) is 0 Å². The van der Waals surface area contributed by atoms with Gasteiger partial charge < -0.3 is 15.0 Å². The van der Waals surface area contributed by atoms with Crippen molar-refractivity contribution in [3.63, 3.8) is 0 Å². The highest BCUT2D eigenvalue weighted by atomic mass is 32.2. The van der Waals surface area contributed by atoms with Crippen LogP contribution in [-0.2, 0) is 24.3 Å². The Kier molecular flexibility index (Phi) is 7.14. The molecule has 1 aromatic carbocycles. The van der Waals surface area contributed by atoms with E-state index >= 15 is 0 Å². The van der Waals surface area contributed by atoms with E-state index in [1.54, 1.807) is 13.8 Å². The Morgan fingerprint density at radius 3 is 2.46 bits per heavy atom. The zero-order chi connectivity index (χ0) is 20.9. The molecule has 0 radical (unpaired) electrons. The predicted octanol–water partition coefficient (Wildman–Crippen LogP) is 0.0783. The number of ether oxygens (including phenoxy) is 1. The van der Waals surface area contributed by atoms with Crippen LogP contribution in [0.4, 0.5) is 0 Å². The van der Waals surface area contributed by atoms with Gasteiger partial charge in [-0.3, -0.25) is 14.4 Å². The van der Waals surface area contributed by atoms with E-state index in [0.29, 0.717) is 12.1 Å². The van der Waals surface area contributed by atoms with Crippen LogP contribution in [0.2, 0.25) is 0 Å². The Bertz CT molecular complexity index is 837. The van der Waals surface area contributed by atoms with Crippen LogP contribution in [0.25, 0.3) is 0 Å². The van der Waals surface area contributed by atoms with Crippen molar-refractivity contribution in [1.29, 1.82) is 0 Å². The van der Waals surface area contributed by atoms with Crippen molar-refractivity contribution in [1.82, 2.24) is 14.5 Å². The molecular weight excluding hydrogens is 386 g/mol. The standard InChI is InChI=1S/C18H25N3O6S/c1-4-20(11-13(2)18(24)27-3)17(23)14-5-7-15(8-6-14)28(25,26)21-10-9-19-16(22)12-21/h5-8,13H,4,9-12H2,1-3H3,(H,19,22). The highest BCUT2D eigenvalue weighted by Crippen LogP contribution is 2.18. The molecule has 0 spiro atoms. The van der Waals surface area contributed by atoms with Crippen LogP contribution in [0.15, 0.2) is 29.2 Å². The number of carbonyl (C=O) groups excluding carboxylic acids is 3. The Balaban J connectivity index is 2.15. The van der Waals surface area contributed by atoms with Gasteiger partial charge in [-0.15, -0.1) is 0 Å². The summed E-state index contributed by atoms with van der Waals surface area (Å²) < 4.78 is 31.1. The normalized spacial score (nSPS) is 16.2. The molecule has 0 aliphatic carbocycles. The number of piperazine rings is 1. The molecule has 28 heavy (non-hydrogen) atoms. The van der Waals surface area contributed by atoms with Gasteiger partial charge in [-0.1, -0.05) is 6.92 Å². The third-order valence-corrected chi connectivity index (χ3v) is 6.37. The molecule has 1 N–H and O–H groups in total. The first-order valence-electron chi connectivity index (χ1n) is 8.94. The molecule has 0 aromatic heterocycles. The van der Waals surface area contributed by atoms with Crippen LogP contribution >= 0.6 is 0 Å². The summed E-state index contributed by atoms with van der Waals surface area (Å²) in [4.78, 5) is 37.3. The lowest BCUT2D eigenvalue weighted by Crippen LogP contribution is -2.49. The van der Waals surface area contributed by atoms with Gasteiger partial charge in [0.15, 0.2) is 0 Å². The fourth-order valence-electron chi connectivity index (χ4n) is 2.88. The van der Waals surface area contributed by atoms with Crippen LogP contribution in [0, 0.1) is 5.92 Å². The zero-order valence-corrected chi connectivity index (χ0v) is 17.0. The lowest BCUT2D eigenvalue weighted by Gasteiger charge is -2.26. The largest absolute Gasteiger partial charge is 0.469 e. The lowest BCUT2D eigenvalue weighted by molar-refractivity contribution is -0.145. The predicted molar refractivity (Wildman–Crippen MR) is 101 cm³/mol. The molecule has 0 bridgehead atoms. The summed E-state index contributed by atoms with van der Waals surface area (Å²) in [7, 11) is -2.52. The Hall–Kier alpha value is -2.46. The van der Waals surface area contributed by atoms with Crippen molar-refractivity contribution in [3.05, 3.63) is 29.8 Å². The van der Waals surface area contributed by atoms with Gasteiger partial charge in [0.25, 0.3) is 5.91 Å². The lowest BCUT2D eigenvalue weighted by atomic mass is 10.1. The van der Waals surface area contributed by atoms with Crippen LogP contribution in [0.3, 0.4) is 0 Å². The number of esters is 1. The molecule has 1 aliphatic heterocycles. The highest BCUT2D eigenvalue weighted by molar-refractivity contribution is 7.89. The summed E-state index contributed by atoms with van der Waals surface area (Å²) in [5.74, 6) is -1.53. The third-order valence-electron chi connectivity index (χ3n) is 4.51. The maximum atomic E-state index is 12.7. The minimum absolute atomic E-state index is 0.0183. The summed E-state index contributed by atoms with van der Waals surface area (Å²) in [6.07, 6.45) is 0. The number of hydrogen-bond donors (Lipinski definition) is 1. The number of nitrogens with one attached hydrogen (secondary N) is 1. The first-order valence-corrected chi connectivity index (χ1v) is 10.4. The number of rotatable bonds is 7. The van der Waals surface area contributed by atoms with Crippen LogP contribution in [0.1, 0.15) is 24.2 Å². The second-order valence-corrected chi connectivity index (χ2v) is 8.42. The number of benzene rings is 1. The Labute approximate surface area is 164 Å². The van der Waals surface area contributed by atoms with Crippen LogP contribution < -0.4 is 5.32 Å². The Morgan fingerprint density at radius 2 is 1.93 bits per heavy atom. The quantitative estimate of drug-likeness (QED) is 0.636. The van der Waals surface area contributed by atoms with Gasteiger partial charge in [0.2, 0.25) is 15.9 Å². The smallest absolute Gasteiger partial charge is 0.310 e. The first kappa shape index (κ1) is 21.8. The topological polar surface area (TPSA) is 113 Å². The van der Waals surface area contributed by atoms with Gasteiger partial charge in [-0.05, 0) is 31.2 Å². The fourth-order valence-corrected chi connectivity index (χ4v) is 4.28. The molecule has 1 aliphatic rings. The summed E-state index contributed by atoms with van der Waals surface area (Å²) in [5.41, 5.74) is 0.314. The van der Waals surface area contributed by atoms with Gasteiger partial charge in [0, 0.05) is 31.7 Å². The van der Waals surface area contributed by atoms with Crippen LogP contribution in [0.5, 0.6) is 0 Å². The van der Waals surface area contributed by atoms with E-state index in [1.807, 2.05) is 0 Å². The minimum atomic E-state index is -3.81. The van der Waals surface area contributed by atoms with Crippen molar-refractivity contribution in [2.45, 2.75) is 18.7 Å². The molecule has 1 unspecified atom stereocenters. The molecule has 2 amide bonds. The van der Waals surface area contributed by atoms with E-state index in [0.717, 1.165) is 4.31 Å². The Morgan fingerprint density at radius 1 is 1.29 bits per heavy atom. The summed E-state index contributed by atoms with van der Waals surface area (Å²) in [6.45, 7) is 4.29. The number of nitrogens with zero attached hydrogens (tertiary/aromatic N) is 2. The molecule has 154 valence electrons. The fraction of sp³-hybridized carbons (Fsp3) is 0.500. The van der Waals surface area contributed by atoms with E-state index in [-0.39, 0.29) is 42.9 Å². The average Bonchev–Trinajstić information content (AvgIpc) is 2.70. The van der Waals surface area contributed by atoms with Crippen molar-refractivity contribution < 1.29 is 27.5 Å². The van der Waals surface area contributed by atoms with E-state index in [2.05, 4.69) is 10.1 Å². The molecule has 1 atom stereocenters. The zero-order valence-electron chi connectivity index (χ0n) is 16.2. The SMILES string of the molecule is CCN(CC(C)C(=O)OC)C(=O)c1ccc(S(=O)(=O)N2CCNC(=O)C2)cc1. The molecule has 0 saturated carbocycles. The number of hydrogen-bond acceptors (Lipinski definition) is 6. The van der Waals surface area contributed by atoms with Crippen LogP contribution in [-0.4, -0.2) is 75.2 Å². The van der Waals surface area contributed by atoms with Gasteiger partial charge in [0.1, 0.15) is 0 Å². The van der Waals surface area contributed by atoms with Crippen molar-refractivity contribution in [2.75, 3.05) is 39.8 Å². The second kappa shape index (κ2) is 9.16. The third kappa shape index (κ3) is 4.87. The molecule has 1 saturated heterocycles. The highest BCUT2D eigenvalue weighted by Gasteiger charge is 2.29. The van der Waals surface area contributed by atoms with Gasteiger partial charge in [-0.25, -0.2) is 8.42 Å². The van der Waals surface area contributed by atoms with Gasteiger partial charge in [0.05, 0.1) is 24.5 Å². The van der Waals surface area contributed by atoms with E-state index < -0.39 is 21.9 Å². The molecule has 1 aromatic rings. The van der Waals surface area contributed by atoms with Crippen molar-refractivity contribution in [2.24, 2.45) is 5.92 Å². The maximum absolute atomic E-state index is 12.7. The number of methoxy groups -OCH3 is 1. The molecular formula is C18H25N3O6S.